The number of benzene rings is 1. The first-order valence-electron chi connectivity index (χ1n) is 8.89. The first-order chi connectivity index (χ1) is 12.5. The van der Waals surface area contributed by atoms with Gasteiger partial charge in [0.25, 0.3) is 0 Å². The first-order valence-corrected chi connectivity index (χ1v) is 10.3. The van der Waals surface area contributed by atoms with Gasteiger partial charge in [0.15, 0.2) is 0 Å². The number of aryl methyl sites for hydroxylation is 2. The van der Waals surface area contributed by atoms with Gasteiger partial charge in [-0.1, -0.05) is 6.07 Å². The van der Waals surface area contributed by atoms with Gasteiger partial charge in [-0.3, -0.25) is 4.79 Å². The highest BCUT2D eigenvalue weighted by molar-refractivity contribution is 7.89. The molecule has 1 fully saturated rings. The van der Waals surface area contributed by atoms with E-state index in [9.17, 15) is 13.2 Å². The Morgan fingerprint density at radius 1 is 1.08 bits per heavy atom. The summed E-state index contributed by atoms with van der Waals surface area (Å²) in [6.45, 7) is 1.72. The lowest BCUT2D eigenvalue weighted by Crippen LogP contribution is -2.51. The van der Waals surface area contributed by atoms with Crippen molar-refractivity contribution in [1.29, 1.82) is 0 Å². The van der Waals surface area contributed by atoms with Gasteiger partial charge in [0, 0.05) is 38.6 Å². The summed E-state index contributed by atoms with van der Waals surface area (Å²) >= 11 is 0. The minimum atomic E-state index is -3.50. The Bertz CT molecular complexity index is 901. The highest BCUT2D eigenvalue weighted by Crippen LogP contribution is 2.26. The van der Waals surface area contributed by atoms with Crippen LogP contribution in [0.3, 0.4) is 0 Å². The highest BCUT2D eigenvalue weighted by Gasteiger charge is 2.30. The van der Waals surface area contributed by atoms with E-state index in [-0.39, 0.29) is 12.5 Å². The number of fused-ring (bicyclic) bond motifs is 1. The Hall–Kier alpha value is -2.19. The average Bonchev–Trinajstić information content (AvgIpc) is 3.32. The maximum absolute atomic E-state index is 12.9. The van der Waals surface area contributed by atoms with E-state index in [1.54, 1.807) is 34.3 Å². The molecule has 2 aliphatic rings. The van der Waals surface area contributed by atoms with Crippen LogP contribution in [0.2, 0.25) is 0 Å². The number of sulfonamides is 1. The Morgan fingerprint density at radius 3 is 2.58 bits per heavy atom. The van der Waals surface area contributed by atoms with E-state index >= 15 is 0 Å². The molecule has 1 amide bonds. The van der Waals surface area contributed by atoms with Crippen molar-refractivity contribution in [2.75, 3.05) is 26.2 Å². The van der Waals surface area contributed by atoms with Crippen molar-refractivity contribution >= 4 is 15.9 Å². The molecule has 0 N–H and O–H groups in total. The third-order valence-corrected chi connectivity index (χ3v) is 7.07. The van der Waals surface area contributed by atoms with Crippen LogP contribution in [0.5, 0.6) is 0 Å². The lowest BCUT2D eigenvalue weighted by molar-refractivity contribution is -0.133. The largest absolute Gasteiger partial charge is 0.339 e. The molecule has 1 saturated heterocycles. The molecule has 0 radical (unpaired) electrons. The van der Waals surface area contributed by atoms with E-state index in [0.717, 1.165) is 24.8 Å². The number of carbonyl (C=O) groups is 1. The van der Waals surface area contributed by atoms with Gasteiger partial charge in [0.05, 0.1) is 11.2 Å². The monoisotopic (exact) mass is 374 g/mol. The smallest absolute Gasteiger partial charge is 0.243 e. The molecule has 1 aromatic heterocycles. The summed E-state index contributed by atoms with van der Waals surface area (Å²) in [7, 11) is -3.50. The van der Waals surface area contributed by atoms with Crippen molar-refractivity contribution in [2.24, 2.45) is 0 Å². The molecular weight excluding hydrogens is 352 g/mol. The molecule has 8 heteroatoms. The summed E-state index contributed by atoms with van der Waals surface area (Å²) in [6, 6.07) is 5.49. The summed E-state index contributed by atoms with van der Waals surface area (Å²) in [5.74, 6) is -0.0161. The maximum Gasteiger partial charge on any atom is 0.243 e. The first kappa shape index (κ1) is 17.2. The number of amides is 1. The van der Waals surface area contributed by atoms with Crippen molar-refractivity contribution < 1.29 is 13.2 Å². The lowest BCUT2D eigenvalue weighted by atomic mass is 10.1. The molecule has 4 rings (SSSR count). The van der Waals surface area contributed by atoms with Gasteiger partial charge >= 0.3 is 0 Å². The molecule has 26 heavy (non-hydrogen) atoms. The molecule has 138 valence electrons. The van der Waals surface area contributed by atoms with Crippen molar-refractivity contribution in [3.05, 3.63) is 48.0 Å². The third-order valence-electron chi connectivity index (χ3n) is 5.18. The molecule has 1 aliphatic heterocycles. The van der Waals surface area contributed by atoms with Gasteiger partial charge < -0.3 is 9.47 Å². The van der Waals surface area contributed by atoms with E-state index in [1.165, 1.54) is 9.87 Å². The van der Waals surface area contributed by atoms with Crippen LogP contribution in [0.15, 0.2) is 41.8 Å². The second-order valence-corrected chi connectivity index (χ2v) is 8.74. The maximum atomic E-state index is 12.9. The van der Waals surface area contributed by atoms with Gasteiger partial charge in [-0.2, -0.15) is 4.31 Å². The number of rotatable bonds is 4. The van der Waals surface area contributed by atoms with E-state index in [1.807, 2.05) is 12.1 Å². The van der Waals surface area contributed by atoms with Crippen LogP contribution in [0.4, 0.5) is 0 Å². The summed E-state index contributed by atoms with van der Waals surface area (Å²) < 4.78 is 29.1. The van der Waals surface area contributed by atoms with Crippen LogP contribution in [0.1, 0.15) is 17.5 Å². The van der Waals surface area contributed by atoms with Crippen LogP contribution >= 0.6 is 0 Å². The Kier molecular flexibility index (Phi) is 4.54. The predicted molar refractivity (Wildman–Crippen MR) is 96.0 cm³/mol. The van der Waals surface area contributed by atoms with Gasteiger partial charge in [0.2, 0.25) is 15.9 Å². The molecule has 1 aromatic carbocycles. The van der Waals surface area contributed by atoms with E-state index in [0.29, 0.717) is 31.1 Å². The van der Waals surface area contributed by atoms with E-state index in [2.05, 4.69) is 4.98 Å². The van der Waals surface area contributed by atoms with E-state index in [4.69, 9.17) is 0 Å². The molecule has 0 atom stereocenters. The summed E-state index contributed by atoms with van der Waals surface area (Å²) in [6.07, 6.45) is 8.06. The SMILES string of the molecule is O=C(Cn1ccnc1)N1CCN(S(=O)(=O)c2ccc3c(c2)CCC3)CC1. The molecule has 0 saturated carbocycles. The minimum absolute atomic E-state index is 0.0161. The number of imidazole rings is 1. The van der Waals surface area contributed by atoms with Crippen LogP contribution in [-0.4, -0.2) is 59.3 Å². The fraction of sp³-hybridized carbons (Fsp3) is 0.444. The van der Waals surface area contributed by atoms with Crippen LogP contribution < -0.4 is 0 Å². The highest BCUT2D eigenvalue weighted by atomic mass is 32.2. The zero-order valence-electron chi connectivity index (χ0n) is 14.5. The van der Waals surface area contributed by atoms with Crippen molar-refractivity contribution in [2.45, 2.75) is 30.7 Å². The number of hydrogen-bond donors (Lipinski definition) is 0. The van der Waals surface area contributed by atoms with Crippen molar-refractivity contribution in [3.63, 3.8) is 0 Å². The fourth-order valence-corrected chi connectivity index (χ4v) is 5.15. The lowest BCUT2D eigenvalue weighted by Gasteiger charge is -2.34. The molecule has 0 bridgehead atoms. The number of piperazine rings is 1. The summed E-state index contributed by atoms with van der Waals surface area (Å²) in [5.41, 5.74) is 2.42. The second kappa shape index (κ2) is 6.85. The summed E-state index contributed by atoms with van der Waals surface area (Å²) in [5, 5.41) is 0. The number of hydrogen-bond acceptors (Lipinski definition) is 4. The van der Waals surface area contributed by atoms with Crippen LogP contribution in [0.25, 0.3) is 0 Å². The Morgan fingerprint density at radius 2 is 1.85 bits per heavy atom. The number of nitrogens with zero attached hydrogens (tertiary/aromatic N) is 4. The van der Waals surface area contributed by atoms with Crippen molar-refractivity contribution in [1.82, 2.24) is 18.8 Å². The zero-order chi connectivity index (χ0) is 18.1. The van der Waals surface area contributed by atoms with Gasteiger partial charge in [-0.05, 0) is 42.5 Å². The fourth-order valence-electron chi connectivity index (χ4n) is 3.67. The van der Waals surface area contributed by atoms with E-state index < -0.39 is 10.0 Å². The van der Waals surface area contributed by atoms with Crippen LogP contribution in [-0.2, 0) is 34.2 Å². The zero-order valence-corrected chi connectivity index (χ0v) is 15.4. The normalized spacial score (nSPS) is 18.1. The van der Waals surface area contributed by atoms with Gasteiger partial charge in [-0.15, -0.1) is 0 Å². The molecule has 1 aliphatic carbocycles. The molecular formula is C18H22N4O3S. The molecule has 0 spiro atoms. The average molecular weight is 374 g/mol. The van der Waals surface area contributed by atoms with Gasteiger partial charge in [-0.25, -0.2) is 13.4 Å². The van der Waals surface area contributed by atoms with Crippen LogP contribution in [0, 0.1) is 0 Å². The predicted octanol–water partition coefficient (Wildman–Crippen LogP) is 0.905. The van der Waals surface area contributed by atoms with Crippen molar-refractivity contribution in [3.8, 4) is 0 Å². The molecule has 7 nitrogen and oxygen atoms in total. The Labute approximate surface area is 153 Å². The molecule has 0 unspecified atom stereocenters. The molecule has 2 aromatic rings. The Balaban J connectivity index is 1.41. The number of carbonyl (C=O) groups excluding carboxylic acids is 1. The summed E-state index contributed by atoms with van der Waals surface area (Å²) in [4.78, 5) is 18.3. The number of aromatic nitrogens is 2. The third kappa shape index (κ3) is 3.26. The van der Waals surface area contributed by atoms with Gasteiger partial charge in [0.1, 0.15) is 6.54 Å². The quantitative estimate of drug-likeness (QED) is 0.797. The second-order valence-electron chi connectivity index (χ2n) is 6.80. The standard InChI is InChI=1S/C18H22N4O3S/c23-18(13-20-7-6-19-14-20)21-8-10-22(11-9-21)26(24,25)17-5-4-15-2-1-3-16(15)12-17/h4-7,12,14H,1-3,8-11,13H2. The molecule has 2 heterocycles. The topological polar surface area (TPSA) is 75.5 Å². The minimum Gasteiger partial charge on any atom is -0.339 e.